The van der Waals surface area contributed by atoms with E-state index in [1.807, 2.05) is 0 Å². The minimum absolute atomic E-state index is 0.0416. The van der Waals surface area contributed by atoms with E-state index in [1.54, 1.807) is 18.2 Å². The number of nitrogens with zero attached hydrogens (tertiary/aromatic N) is 3. The number of hydrogen-bond donors (Lipinski definition) is 2. The van der Waals surface area contributed by atoms with E-state index in [9.17, 15) is 21.6 Å². The van der Waals surface area contributed by atoms with Gasteiger partial charge in [-0.05, 0) is 61.1 Å². The summed E-state index contributed by atoms with van der Waals surface area (Å²) in [6, 6.07) is 8.92. The van der Waals surface area contributed by atoms with E-state index in [0.29, 0.717) is 25.9 Å². The third-order valence-electron chi connectivity index (χ3n) is 6.45. The molecule has 0 saturated carbocycles. The Morgan fingerprint density at radius 2 is 1.76 bits per heavy atom. The van der Waals surface area contributed by atoms with Crippen LogP contribution in [-0.4, -0.2) is 68.5 Å². The summed E-state index contributed by atoms with van der Waals surface area (Å²) in [5.74, 6) is -0.0336. The molecule has 2 aliphatic heterocycles. The predicted octanol–water partition coefficient (Wildman–Crippen LogP) is 3.07. The van der Waals surface area contributed by atoms with Crippen LogP contribution in [0.4, 0.5) is 24.7 Å². The molecule has 0 bridgehead atoms. The highest BCUT2D eigenvalue weighted by atomic mass is 32.2. The number of halogens is 3. The van der Waals surface area contributed by atoms with Crippen LogP contribution in [0.5, 0.6) is 5.75 Å². The second kappa shape index (κ2) is 9.59. The molecule has 2 N–H and O–H groups in total. The van der Waals surface area contributed by atoms with Gasteiger partial charge in [-0.3, -0.25) is 0 Å². The van der Waals surface area contributed by atoms with Gasteiger partial charge >= 0.3 is 6.36 Å². The molecule has 0 radical (unpaired) electrons. The lowest BCUT2D eigenvalue weighted by molar-refractivity contribution is -0.274. The van der Waals surface area contributed by atoms with Crippen molar-refractivity contribution in [3.8, 4) is 5.75 Å². The van der Waals surface area contributed by atoms with E-state index in [2.05, 4.69) is 19.9 Å². The van der Waals surface area contributed by atoms with Crippen LogP contribution >= 0.6 is 0 Å². The average Bonchev–Trinajstić information content (AvgIpc) is 3.21. The maximum atomic E-state index is 13.3. The summed E-state index contributed by atoms with van der Waals surface area (Å²) in [5.41, 5.74) is 0.775. The number of aliphatic hydroxyl groups is 1. The van der Waals surface area contributed by atoms with Crippen LogP contribution in [0.1, 0.15) is 19.3 Å². The Labute approximate surface area is 196 Å². The molecule has 8 nitrogen and oxygen atoms in total. The third-order valence-corrected chi connectivity index (χ3v) is 8.38. The van der Waals surface area contributed by atoms with Crippen molar-refractivity contribution in [3.05, 3.63) is 42.6 Å². The van der Waals surface area contributed by atoms with Crippen molar-refractivity contribution in [2.45, 2.75) is 30.5 Å². The molecule has 2 aliphatic rings. The summed E-state index contributed by atoms with van der Waals surface area (Å²) in [6.45, 7) is 2.28. The number of anilines is 2. The van der Waals surface area contributed by atoms with Gasteiger partial charge in [0.2, 0.25) is 10.0 Å². The van der Waals surface area contributed by atoms with Gasteiger partial charge in [0, 0.05) is 44.6 Å². The summed E-state index contributed by atoms with van der Waals surface area (Å²) in [5, 5.41) is 11.9. The van der Waals surface area contributed by atoms with Gasteiger partial charge in [-0.1, -0.05) is 0 Å². The van der Waals surface area contributed by atoms with Gasteiger partial charge in [-0.25, -0.2) is 13.4 Å². The molecule has 0 amide bonds. The standard InChI is InChI=1S/C22H27F3N4O4S/c23-22(24,25)33-18-5-3-17(4-6-18)28-12-7-21(16-28)8-13-29(14-9-21)34(31,32)19-2-1-10-26-20(19)27-11-15-30/h1-6,10,30H,7-9,11-16H2,(H,26,27). The molecule has 4 rings (SSSR count). The zero-order valence-electron chi connectivity index (χ0n) is 18.5. The van der Waals surface area contributed by atoms with Crippen molar-refractivity contribution in [1.29, 1.82) is 0 Å². The normalized spacial score (nSPS) is 18.9. The number of aromatic nitrogens is 1. The lowest BCUT2D eigenvalue weighted by Gasteiger charge is -2.38. The maximum Gasteiger partial charge on any atom is 0.573 e. The number of hydrogen-bond acceptors (Lipinski definition) is 7. The minimum Gasteiger partial charge on any atom is -0.406 e. The smallest absolute Gasteiger partial charge is 0.406 e. The van der Waals surface area contributed by atoms with E-state index in [0.717, 1.165) is 25.2 Å². The highest BCUT2D eigenvalue weighted by Crippen LogP contribution is 2.43. The first-order valence-electron chi connectivity index (χ1n) is 11.0. The highest BCUT2D eigenvalue weighted by Gasteiger charge is 2.43. The minimum atomic E-state index is -4.72. The largest absolute Gasteiger partial charge is 0.573 e. The van der Waals surface area contributed by atoms with Crippen molar-refractivity contribution in [2.24, 2.45) is 5.41 Å². The van der Waals surface area contributed by atoms with Gasteiger partial charge in [0.1, 0.15) is 16.5 Å². The van der Waals surface area contributed by atoms with Crippen LogP contribution < -0.4 is 15.0 Å². The van der Waals surface area contributed by atoms with Gasteiger partial charge in [-0.15, -0.1) is 13.2 Å². The quantitative estimate of drug-likeness (QED) is 0.604. The van der Waals surface area contributed by atoms with Gasteiger partial charge in [-0.2, -0.15) is 4.31 Å². The number of alkyl halides is 3. The van der Waals surface area contributed by atoms with Crippen molar-refractivity contribution >= 4 is 21.5 Å². The lowest BCUT2D eigenvalue weighted by atomic mass is 9.78. The van der Waals surface area contributed by atoms with Crippen LogP contribution in [0.25, 0.3) is 0 Å². The molecule has 34 heavy (non-hydrogen) atoms. The fourth-order valence-corrected chi connectivity index (χ4v) is 6.23. The van der Waals surface area contributed by atoms with Gasteiger partial charge < -0.3 is 20.1 Å². The fourth-order valence-electron chi connectivity index (χ4n) is 4.67. The number of pyridine rings is 1. The second-order valence-corrected chi connectivity index (χ2v) is 10.5. The van der Waals surface area contributed by atoms with Crippen molar-refractivity contribution in [3.63, 3.8) is 0 Å². The molecule has 0 unspecified atom stereocenters. The Hall–Kier alpha value is -2.57. The van der Waals surface area contributed by atoms with Crippen molar-refractivity contribution in [2.75, 3.05) is 49.5 Å². The topological polar surface area (TPSA) is 95.0 Å². The molecule has 1 aromatic carbocycles. The summed E-state index contributed by atoms with van der Waals surface area (Å²) in [7, 11) is -3.75. The van der Waals surface area contributed by atoms with E-state index < -0.39 is 16.4 Å². The predicted molar refractivity (Wildman–Crippen MR) is 120 cm³/mol. The third kappa shape index (κ3) is 5.39. The van der Waals surface area contributed by atoms with Gasteiger partial charge in [0.15, 0.2) is 0 Å². The molecule has 12 heteroatoms. The van der Waals surface area contributed by atoms with Crippen LogP contribution in [0, 0.1) is 5.41 Å². The fraction of sp³-hybridized carbons (Fsp3) is 0.500. The molecule has 0 aliphatic carbocycles. The number of rotatable bonds is 7. The molecular weight excluding hydrogens is 473 g/mol. The molecule has 3 heterocycles. The Kier molecular flexibility index (Phi) is 6.92. The molecule has 2 fully saturated rings. The van der Waals surface area contributed by atoms with Crippen LogP contribution in [0.2, 0.25) is 0 Å². The first-order valence-corrected chi connectivity index (χ1v) is 12.5. The van der Waals surface area contributed by atoms with E-state index in [1.165, 1.54) is 28.7 Å². The van der Waals surface area contributed by atoms with E-state index in [4.69, 9.17) is 5.11 Å². The Balaban J connectivity index is 1.39. The summed E-state index contributed by atoms with van der Waals surface area (Å²) in [4.78, 5) is 6.33. The maximum absolute atomic E-state index is 13.3. The average molecular weight is 501 g/mol. The molecule has 1 spiro atoms. The molecule has 186 valence electrons. The molecule has 2 aromatic rings. The molecule has 2 saturated heterocycles. The number of ether oxygens (including phenoxy) is 1. The Morgan fingerprint density at radius 3 is 2.41 bits per heavy atom. The van der Waals surface area contributed by atoms with E-state index >= 15 is 0 Å². The van der Waals surface area contributed by atoms with Crippen molar-refractivity contribution < 1.29 is 31.4 Å². The first-order chi connectivity index (χ1) is 16.1. The lowest BCUT2D eigenvalue weighted by Crippen LogP contribution is -2.44. The van der Waals surface area contributed by atoms with Crippen LogP contribution in [0.3, 0.4) is 0 Å². The second-order valence-electron chi connectivity index (χ2n) is 8.62. The molecular formula is C22H27F3N4O4S. The summed E-state index contributed by atoms with van der Waals surface area (Å²) < 4.78 is 69.1. The monoisotopic (exact) mass is 500 g/mol. The SMILES string of the molecule is O=S(=O)(c1cccnc1NCCO)N1CCC2(CCN(c3ccc(OC(F)(F)F)cc3)C2)CC1. The number of nitrogens with one attached hydrogen (secondary N) is 1. The Morgan fingerprint density at radius 1 is 1.09 bits per heavy atom. The van der Waals surface area contributed by atoms with Crippen LogP contribution in [0.15, 0.2) is 47.5 Å². The number of benzene rings is 1. The number of piperidine rings is 1. The Bertz CT molecular complexity index is 1090. The van der Waals surface area contributed by atoms with Crippen LogP contribution in [-0.2, 0) is 10.0 Å². The summed E-state index contributed by atoms with van der Waals surface area (Å²) >= 11 is 0. The van der Waals surface area contributed by atoms with Crippen molar-refractivity contribution in [1.82, 2.24) is 9.29 Å². The first kappa shape index (κ1) is 24.6. The zero-order chi connectivity index (χ0) is 24.4. The number of sulfonamides is 1. The molecule has 1 aromatic heterocycles. The van der Waals surface area contributed by atoms with Gasteiger partial charge in [0.25, 0.3) is 0 Å². The summed E-state index contributed by atoms with van der Waals surface area (Å²) in [6.07, 6.45) is -0.953. The van der Waals surface area contributed by atoms with Gasteiger partial charge in [0.05, 0.1) is 6.61 Å². The zero-order valence-corrected chi connectivity index (χ0v) is 19.3. The van der Waals surface area contributed by atoms with E-state index in [-0.39, 0.29) is 35.0 Å². The highest BCUT2D eigenvalue weighted by molar-refractivity contribution is 7.89. The molecule has 0 atom stereocenters. The number of aliphatic hydroxyl groups excluding tert-OH is 1.